The van der Waals surface area contributed by atoms with Crippen molar-refractivity contribution in [1.82, 2.24) is 0 Å². The largest absolute Gasteiger partial charge is 0.325 e. The molecule has 4 heteroatoms. The molecule has 3 aromatic rings. The Kier molecular flexibility index (Phi) is 3.51. The average Bonchev–Trinajstić information content (AvgIpc) is 2.56. The summed E-state index contributed by atoms with van der Waals surface area (Å²) in [4.78, 5) is 12.2. The van der Waals surface area contributed by atoms with Crippen molar-refractivity contribution in [3.05, 3.63) is 75.8 Å². The summed E-state index contributed by atoms with van der Waals surface area (Å²) in [6, 6.07) is 17.8. The van der Waals surface area contributed by atoms with E-state index in [-0.39, 0.29) is 11.8 Å². The van der Waals surface area contributed by atoms with Crippen LogP contribution in [0.5, 0.6) is 0 Å². The third-order valence-electron chi connectivity index (χ3n) is 4.34. The fourth-order valence-corrected chi connectivity index (χ4v) is 3.54. The third kappa shape index (κ3) is 2.48. The van der Waals surface area contributed by atoms with Gasteiger partial charge in [0.2, 0.25) is 5.91 Å². The Bertz CT molecular complexity index is 936. The van der Waals surface area contributed by atoms with Crippen molar-refractivity contribution in [3.8, 4) is 0 Å². The molecule has 1 aliphatic heterocycles. The van der Waals surface area contributed by atoms with Crippen LogP contribution in [0.2, 0.25) is 10.0 Å². The summed E-state index contributed by atoms with van der Waals surface area (Å²) < 4.78 is 0. The zero-order chi connectivity index (χ0) is 16.0. The number of carbonyl (C=O) groups excluding carboxylic acids is 1. The lowest BCUT2D eigenvalue weighted by molar-refractivity contribution is -0.116. The second kappa shape index (κ2) is 5.55. The molecule has 0 saturated heterocycles. The lowest BCUT2D eigenvalue weighted by Crippen LogP contribution is -2.23. The first kappa shape index (κ1) is 14.6. The molecular formula is C19H13Cl2NO. The molecule has 4 rings (SSSR count). The molecule has 2 nitrogen and oxygen atoms in total. The minimum Gasteiger partial charge on any atom is -0.325 e. The number of rotatable bonds is 1. The number of fused-ring (bicyclic) bond motifs is 3. The molecule has 1 amide bonds. The highest BCUT2D eigenvalue weighted by atomic mass is 35.5. The zero-order valence-electron chi connectivity index (χ0n) is 12.1. The van der Waals surface area contributed by atoms with Crippen molar-refractivity contribution >= 4 is 45.6 Å². The molecule has 1 atom stereocenters. The van der Waals surface area contributed by atoms with Gasteiger partial charge < -0.3 is 5.32 Å². The van der Waals surface area contributed by atoms with E-state index in [0.717, 1.165) is 27.6 Å². The average molecular weight is 342 g/mol. The quantitative estimate of drug-likeness (QED) is 0.611. The van der Waals surface area contributed by atoms with Gasteiger partial charge in [0.15, 0.2) is 0 Å². The smallest absolute Gasteiger partial charge is 0.225 e. The predicted molar refractivity (Wildman–Crippen MR) is 95.5 cm³/mol. The molecule has 0 fully saturated rings. The number of benzene rings is 3. The van der Waals surface area contributed by atoms with Gasteiger partial charge in [0.05, 0.1) is 15.7 Å². The summed E-state index contributed by atoms with van der Waals surface area (Å²) in [6.07, 6.45) is 0.406. The van der Waals surface area contributed by atoms with Gasteiger partial charge in [-0.15, -0.1) is 0 Å². The number of hydrogen-bond acceptors (Lipinski definition) is 1. The fraction of sp³-hybridized carbons (Fsp3) is 0.105. The van der Waals surface area contributed by atoms with Crippen LogP contribution in [-0.4, -0.2) is 5.91 Å². The highest BCUT2D eigenvalue weighted by molar-refractivity contribution is 6.42. The lowest BCUT2D eigenvalue weighted by atomic mass is 9.83. The number of anilines is 1. The lowest BCUT2D eigenvalue weighted by Gasteiger charge is -2.27. The Balaban J connectivity index is 1.92. The Morgan fingerprint density at radius 1 is 0.957 bits per heavy atom. The van der Waals surface area contributed by atoms with E-state index in [1.165, 1.54) is 0 Å². The number of amides is 1. The fourth-order valence-electron chi connectivity index (χ4n) is 3.23. The van der Waals surface area contributed by atoms with Crippen LogP contribution in [0.1, 0.15) is 23.5 Å². The molecule has 0 saturated carbocycles. The van der Waals surface area contributed by atoms with Gasteiger partial charge in [-0.3, -0.25) is 4.79 Å². The molecule has 0 bridgehead atoms. The second-order valence-electron chi connectivity index (χ2n) is 5.73. The normalized spacial score (nSPS) is 17.0. The van der Waals surface area contributed by atoms with E-state index in [2.05, 4.69) is 17.4 Å². The molecule has 1 aliphatic rings. The van der Waals surface area contributed by atoms with Crippen LogP contribution in [0.15, 0.2) is 54.6 Å². The number of nitrogens with one attached hydrogen (secondary N) is 1. The molecule has 0 spiro atoms. The highest BCUT2D eigenvalue weighted by Gasteiger charge is 2.28. The van der Waals surface area contributed by atoms with Gasteiger partial charge >= 0.3 is 0 Å². The monoisotopic (exact) mass is 341 g/mol. The minimum atomic E-state index is -0.0156. The summed E-state index contributed by atoms with van der Waals surface area (Å²) >= 11 is 12.2. The summed E-state index contributed by atoms with van der Waals surface area (Å²) in [7, 11) is 0. The van der Waals surface area contributed by atoms with Gasteiger partial charge in [-0.25, -0.2) is 0 Å². The first-order valence-electron chi connectivity index (χ1n) is 7.40. The maximum Gasteiger partial charge on any atom is 0.225 e. The van der Waals surface area contributed by atoms with Crippen molar-refractivity contribution in [1.29, 1.82) is 0 Å². The van der Waals surface area contributed by atoms with Crippen molar-refractivity contribution in [3.63, 3.8) is 0 Å². The van der Waals surface area contributed by atoms with Crippen LogP contribution < -0.4 is 5.32 Å². The van der Waals surface area contributed by atoms with Gasteiger partial charge in [-0.1, -0.05) is 65.7 Å². The summed E-state index contributed by atoms with van der Waals surface area (Å²) in [6.45, 7) is 0. The molecular weight excluding hydrogens is 329 g/mol. The van der Waals surface area contributed by atoms with Crippen LogP contribution in [0.4, 0.5) is 5.69 Å². The molecule has 0 unspecified atom stereocenters. The topological polar surface area (TPSA) is 29.1 Å². The molecule has 0 aliphatic carbocycles. The third-order valence-corrected chi connectivity index (χ3v) is 5.08. The number of hydrogen-bond donors (Lipinski definition) is 1. The summed E-state index contributed by atoms with van der Waals surface area (Å²) in [5.41, 5.74) is 3.02. The van der Waals surface area contributed by atoms with Gasteiger partial charge in [0.1, 0.15) is 0 Å². The Labute approximate surface area is 144 Å². The first-order chi connectivity index (χ1) is 11.1. The maximum atomic E-state index is 12.2. The van der Waals surface area contributed by atoms with Crippen LogP contribution in [0.25, 0.3) is 10.8 Å². The molecule has 1 N–H and O–H groups in total. The van der Waals surface area contributed by atoms with Crippen molar-refractivity contribution in [2.24, 2.45) is 0 Å². The van der Waals surface area contributed by atoms with Crippen molar-refractivity contribution in [2.75, 3.05) is 5.32 Å². The van der Waals surface area contributed by atoms with Crippen molar-refractivity contribution in [2.45, 2.75) is 12.3 Å². The number of halogens is 2. The first-order valence-corrected chi connectivity index (χ1v) is 8.15. The zero-order valence-corrected chi connectivity index (χ0v) is 13.7. The van der Waals surface area contributed by atoms with E-state index in [0.29, 0.717) is 16.5 Å². The van der Waals surface area contributed by atoms with E-state index in [4.69, 9.17) is 23.2 Å². The molecule has 1 heterocycles. The van der Waals surface area contributed by atoms with Crippen molar-refractivity contribution < 1.29 is 4.79 Å². The van der Waals surface area contributed by atoms with Crippen LogP contribution in [0.3, 0.4) is 0 Å². The van der Waals surface area contributed by atoms with Gasteiger partial charge in [0, 0.05) is 17.7 Å². The SMILES string of the molecule is O=C1C[C@H](c2ccc(Cl)c(Cl)c2)c2ccc3ccccc3c2N1. The minimum absolute atomic E-state index is 0.0156. The molecule has 23 heavy (non-hydrogen) atoms. The molecule has 0 radical (unpaired) electrons. The molecule has 114 valence electrons. The van der Waals surface area contributed by atoms with Gasteiger partial charge in [-0.05, 0) is 28.6 Å². The Hall–Kier alpha value is -2.03. The van der Waals surface area contributed by atoms with Gasteiger partial charge in [0.25, 0.3) is 0 Å². The van der Waals surface area contributed by atoms with Crippen LogP contribution in [-0.2, 0) is 4.79 Å². The van der Waals surface area contributed by atoms with Gasteiger partial charge in [-0.2, -0.15) is 0 Å². The Morgan fingerprint density at radius 2 is 1.78 bits per heavy atom. The summed E-state index contributed by atoms with van der Waals surface area (Å²) in [5, 5.41) is 6.24. The predicted octanol–water partition coefficient (Wildman–Crippen LogP) is 5.62. The Morgan fingerprint density at radius 3 is 2.61 bits per heavy atom. The number of carbonyl (C=O) groups is 1. The van der Waals surface area contributed by atoms with E-state index in [9.17, 15) is 4.79 Å². The van der Waals surface area contributed by atoms with Crippen LogP contribution in [0, 0.1) is 0 Å². The highest BCUT2D eigenvalue weighted by Crippen LogP contribution is 2.41. The standard InChI is InChI=1S/C19H13Cl2NO/c20-16-8-6-12(9-17(16)21)15-10-18(23)22-19-13-4-2-1-3-11(13)5-7-14(15)19/h1-9,15H,10H2,(H,22,23)/t15-/m1/s1. The van der Waals surface area contributed by atoms with E-state index in [1.54, 1.807) is 6.07 Å². The molecule has 3 aromatic carbocycles. The van der Waals surface area contributed by atoms with E-state index in [1.807, 2.05) is 36.4 Å². The maximum absolute atomic E-state index is 12.2. The van der Waals surface area contributed by atoms with Crippen LogP contribution >= 0.6 is 23.2 Å². The van der Waals surface area contributed by atoms with E-state index < -0.39 is 0 Å². The molecule has 0 aromatic heterocycles. The van der Waals surface area contributed by atoms with E-state index >= 15 is 0 Å². The second-order valence-corrected chi connectivity index (χ2v) is 6.54. The summed E-state index contributed by atoms with van der Waals surface area (Å²) in [5.74, 6) is 0.00282.